The normalized spacial score (nSPS) is 15.9. The number of hydrogen-bond donors (Lipinski definition) is 0. The van der Waals surface area contributed by atoms with Crippen molar-refractivity contribution in [2.75, 3.05) is 26.2 Å². The molecule has 1 aliphatic heterocycles. The average molecular weight is 373 g/mol. The minimum absolute atomic E-state index is 0.0380. The predicted molar refractivity (Wildman–Crippen MR) is 91.9 cm³/mol. The molecular formula is C16H15Cl2FN2OS. The van der Waals surface area contributed by atoms with Crippen LogP contribution in [0.1, 0.15) is 15.2 Å². The smallest absolute Gasteiger partial charge is 0.256 e. The highest BCUT2D eigenvalue weighted by molar-refractivity contribution is 7.16. The first kappa shape index (κ1) is 16.7. The van der Waals surface area contributed by atoms with Crippen molar-refractivity contribution in [2.24, 2.45) is 0 Å². The summed E-state index contributed by atoms with van der Waals surface area (Å²) in [6.45, 7) is 3.48. The highest BCUT2D eigenvalue weighted by Crippen LogP contribution is 2.23. The molecule has 1 aliphatic rings. The summed E-state index contributed by atoms with van der Waals surface area (Å²) in [5, 5.41) is 0.364. The number of hydrogen-bond acceptors (Lipinski definition) is 3. The van der Waals surface area contributed by atoms with Crippen molar-refractivity contribution in [3.05, 3.63) is 55.9 Å². The van der Waals surface area contributed by atoms with Gasteiger partial charge >= 0.3 is 0 Å². The Hall–Kier alpha value is -1.14. The third kappa shape index (κ3) is 4.04. The van der Waals surface area contributed by atoms with Gasteiger partial charge in [0.15, 0.2) is 0 Å². The van der Waals surface area contributed by atoms with E-state index in [0.717, 1.165) is 24.0 Å². The highest BCUT2D eigenvalue weighted by atomic mass is 35.5. The van der Waals surface area contributed by atoms with Crippen LogP contribution in [0, 0.1) is 5.82 Å². The topological polar surface area (TPSA) is 23.6 Å². The van der Waals surface area contributed by atoms with Gasteiger partial charge in [0.1, 0.15) is 5.82 Å². The summed E-state index contributed by atoms with van der Waals surface area (Å²) in [6.07, 6.45) is 0. The maximum absolute atomic E-state index is 13.8. The zero-order valence-electron chi connectivity index (χ0n) is 12.3. The van der Waals surface area contributed by atoms with E-state index in [4.69, 9.17) is 23.2 Å². The lowest BCUT2D eigenvalue weighted by atomic mass is 10.1. The van der Waals surface area contributed by atoms with Gasteiger partial charge in [0.25, 0.3) is 5.91 Å². The minimum Gasteiger partial charge on any atom is -0.336 e. The number of thiophene rings is 1. The molecule has 1 aromatic carbocycles. The van der Waals surface area contributed by atoms with E-state index in [-0.39, 0.29) is 11.5 Å². The van der Waals surface area contributed by atoms with Crippen LogP contribution in [0.15, 0.2) is 30.3 Å². The Labute approximate surface area is 148 Å². The molecule has 2 aromatic rings. The standard InChI is InChI=1S/C16H15Cl2FN2OS/c17-11-1-3-14(19)13(9-11)16(22)21-7-5-20(6-8-21)10-12-2-4-15(18)23-12/h1-4,9H,5-8,10H2. The van der Waals surface area contributed by atoms with Crippen molar-refractivity contribution in [2.45, 2.75) is 6.54 Å². The molecule has 1 fully saturated rings. The molecule has 3 rings (SSSR count). The molecule has 1 saturated heterocycles. The SMILES string of the molecule is O=C(c1cc(Cl)ccc1F)N1CCN(Cc2ccc(Cl)s2)CC1. The van der Waals surface area contributed by atoms with Crippen LogP contribution in [0.5, 0.6) is 0 Å². The quantitative estimate of drug-likeness (QED) is 0.807. The van der Waals surface area contributed by atoms with E-state index in [1.165, 1.54) is 23.1 Å². The monoisotopic (exact) mass is 372 g/mol. The van der Waals surface area contributed by atoms with Crippen LogP contribution in [0.4, 0.5) is 4.39 Å². The third-order valence-corrected chi connectivity index (χ3v) is 5.28. The molecule has 23 heavy (non-hydrogen) atoms. The van der Waals surface area contributed by atoms with E-state index in [2.05, 4.69) is 4.90 Å². The van der Waals surface area contributed by atoms with E-state index >= 15 is 0 Å². The lowest BCUT2D eigenvalue weighted by Crippen LogP contribution is -2.48. The molecule has 0 radical (unpaired) electrons. The Bertz CT molecular complexity index is 714. The molecule has 122 valence electrons. The summed E-state index contributed by atoms with van der Waals surface area (Å²) < 4.78 is 14.6. The number of rotatable bonds is 3. The average Bonchev–Trinajstić information content (AvgIpc) is 2.95. The van der Waals surface area contributed by atoms with Gasteiger partial charge in [-0.25, -0.2) is 4.39 Å². The molecule has 0 spiro atoms. The van der Waals surface area contributed by atoms with Crippen LogP contribution in [0.2, 0.25) is 9.36 Å². The van der Waals surface area contributed by atoms with Crippen LogP contribution < -0.4 is 0 Å². The molecule has 0 aliphatic carbocycles. The van der Waals surface area contributed by atoms with E-state index in [1.807, 2.05) is 12.1 Å². The number of halogens is 3. The fraction of sp³-hybridized carbons (Fsp3) is 0.312. The molecule has 0 unspecified atom stereocenters. The van der Waals surface area contributed by atoms with Gasteiger partial charge in [-0.15, -0.1) is 11.3 Å². The summed E-state index contributed by atoms with van der Waals surface area (Å²) in [6, 6.07) is 7.97. The Morgan fingerprint density at radius 2 is 1.87 bits per heavy atom. The minimum atomic E-state index is -0.532. The molecule has 0 N–H and O–H groups in total. The number of amides is 1. The van der Waals surface area contributed by atoms with Crippen LogP contribution in [-0.2, 0) is 6.54 Å². The molecule has 1 aromatic heterocycles. The Morgan fingerprint density at radius 1 is 1.13 bits per heavy atom. The van der Waals surface area contributed by atoms with Crippen molar-refractivity contribution in [1.82, 2.24) is 9.80 Å². The second kappa shape index (κ2) is 7.18. The van der Waals surface area contributed by atoms with Gasteiger partial charge in [0.05, 0.1) is 9.90 Å². The molecule has 3 nitrogen and oxygen atoms in total. The first-order valence-corrected chi connectivity index (χ1v) is 8.81. The number of carbonyl (C=O) groups is 1. The van der Waals surface area contributed by atoms with Gasteiger partial charge in [-0.3, -0.25) is 9.69 Å². The predicted octanol–water partition coefficient (Wildman–Crippen LogP) is 4.15. The second-order valence-corrected chi connectivity index (χ2v) is 7.63. The van der Waals surface area contributed by atoms with Gasteiger partial charge < -0.3 is 4.90 Å². The van der Waals surface area contributed by atoms with E-state index in [0.29, 0.717) is 18.1 Å². The van der Waals surface area contributed by atoms with Crippen LogP contribution in [0.3, 0.4) is 0 Å². The summed E-state index contributed by atoms with van der Waals surface area (Å²) in [5.41, 5.74) is 0.0380. The molecule has 1 amide bonds. The Kier molecular flexibility index (Phi) is 5.21. The summed E-state index contributed by atoms with van der Waals surface area (Å²) in [7, 11) is 0. The van der Waals surface area contributed by atoms with Crippen LogP contribution >= 0.6 is 34.5 Å². The summed E-state index contributed by atoms with van der Waals surface area (Å²) in [4.78, 5) is 17.6. The number of nitrogens with zero attached hydrogens (tertiary/aromatic N) is 2. The van der Waals surface area contributed by atoms with Crippen molar-refractivity contribution >= 4 is 40.4 Å². The molecule has 0 saturated carbocycles. The summed E-state index contributed by atoms with van der Waals surface area (Å²) in [5.74, 6) is -0.834. The van der Waals surface area contributed by atoms with Gasteiger partial charge in [0.2, 0.25) is 0 Å². The lowest BCUT2D eigenvalue weighted by molar-refractivity contribution is 0.0625. The fourth-order valence-electron chi connectivity index (χ4n) is 2.60. The number of benzene rings is 1. The van der Waals surface area contributed by atoms with Crippen molar-refractivity contribution in [1.29, 1.82) is 0 Å². The van der Waals surface area contributed by atoms with Gasteiger partial charge in [-0.2, -0.15) is 0 Å². The van der Waals surface area contributed by atoms with Crippen molar-refractivity contribution in [3.8, 4) is 0 Å². The van der Waals surface area contributed by atoms with E-state index in [1.54, 1.807) is 16.2 Å². The Balaban J connectivity index is 1.60. The first-order chi connectivity index (χ1) is 11.0. The van der Waals surface area contributed by atoms with Gasteiger partial charge in [0, 0.05) is 42.6 Å². The van der Waals surface area contributed by atoms with Gasteiger partial charge in [-0.05, 0) is 30.3 Å². The van der Waals surface area contributed by atoms with Crippen LogP contribution in [-0.4, -0.2) is 41.9 Å². The number of carbonyl (C=O) groups excluding carboxylic acids is 1. The van der Waals surface area contributed by atoms with Crippen molar-refractivity contribution in [3.63, 3.8) is 0 Å². The zero-order chi connectivity index (χ0) is 16.4. The second-order valence-electron chi connectivity index (χ2n) is 5.40. The first-order valence-electron chi connectivity index (χ1n) is 7.24. The summed E-state index contributed by atoms with van der Waals surface area (Å²) >= 11 is 13.4. The molecule has 7 heteroatoms. The van der Waals surface area contributed by atoms with Crippen LogP contribution in [0.25, 0.3) is 0 Å². The van der Waals surface area contributed by atoms with Gasteiger partial charge in [-0.1, -0.05) is 23.2 Å². The highest BCUT2D eigenvalue weighted by Gasteiger charge is 2.24. The maximum atomic E-state index is 13.8. The zero-order valence-corrected chi connectivity index (χ0v) is 14.6. The van der Waals surface area contributed by atoms with Crippen molar-refractivity contribution < 1.29 is 9.18 Å². The largest absolute Gasteiger partial charge is 0.336 e. The third-order valence-electron chi connectivity index (χ3n) is 3.83. The molecule has 0 bridgehead atoms. The molecule has 0 atom stereocenters. The van der Waals surface area contributed by atoms with E-state index < -0.39 is 5.82 Å². The van der Waals surface area contributed by atoms with E-state index in [9.17, 15) is 9.18 Å². The maximum Gasteiger partial charge on any atom is 0.256 e. The lowest BCUT2D eigenvalue weighted by Gasteiger charge is -2.34. The molecular weight excluding hydrogens is 358 g/mol. The fourth-order valence-corrected chi connectivity index (χ4v) is 3.90. The Morgan fingerprint density at radius 3 is 2.52 bits per heavy atom. The number of piperazine rings is 1. The molecule has 2 heterocycles.